The van der Waals surface area contributed by atoms with Crippen LogP contribution in [0, 0.1) is 12.7 Å². The van der Waals surface area contributed by atoms with Crippen LogP contribution in [0.5, 0.6) is 0 Å². The number of aromatic nitrogens is 3. The van der Waals surface area contributed by atoms with Crippen LogP contribution < -0.4 is 0 Å². The van der Waals surface area contributed by atoms with Gasteiger partial charge in [-0.1, -0.05) is 0 Å². The summed E-state index contributed by atoms with van der Waals surface area (Å²) in [7, 11) is 0. The third kappa shape index (κ3) is 1.71. The molecule has 3 aromatic rings. The first-order valence-electron chi connectivity index (χ1n) is 5.42. The summed E-state index contributed by atoms with van der Waals surface area (Å²) >= 11 is 3.46. The summed E-state index contributed by atoms with van der Waals surface area (Å²) in [5, 5.41) is 0. The summed E-state index contributed by atoms with van der Waals surface area (Å²) in [5.74, 6) is -0.346. The van der Waals surface area contributed by atoms with E-state index in [0.29, 0.717) is 5.69 Å². The van der Waals surface area contributed by atoms with Crippen LogP contribution in [0.25, 0.3) is 17.0 Å². The van der Waals surface area contributed by atoms with Crippen LogP contribution >= 0.6 is 15.9 Å². The molecule has 5 heteroatoms. The lowest BCUT2D eigenvalue weighted by Crippen LogP contribution is -1.89. The van der Waals surface area contributed by atoms with Gasteiger partial charge in [0.15, 0.2) is 5.65 Å². The number of pyridine rings is 2. The summed E-state index contributed by atoms with van der Waals surface area (Å²) in [6.45, 7) is 1.97. The number of nitrogens with zero attached hydrogens (tertiary/aromatic N) is 3. The van der Waals surface area contributed by atoms with Gasteiger partial charge >= 0.3 is 0 Å². The molecule has 90 valence electrons. The predicted molar refractivity (Wildman–Crippen MR) is 70.8 cm³/mol. The second-order valence-corrected chi connectivity index (χ2v) is 4.81. The molecule has 0 N–H and O–H groups in total. The van der Waals surface area contributed by atoms with Gasteiger partial charge in [0, 0.05) is 11.9 Å². The Morgan fingerprint density at radius 1 is 1.28 bits per heavy atom. The lowest BCUT2D eigenvalue weighted by Gasteiger charge is -1.98. The lowest BCUT2D eigenvalue weighted by molar-refractivity contribution is 0.622. The van der Waals surface area contributed by atoms with Crippen LogP contribution in [-0.2, 0) is 0 Å². The van der Waals surface area contributed by atoms with Crippen molar-refractivity contribution in [3.05, 3.63) is 52.6 Å². The third-order valence-electron chi connectivity index (χ3n) is 2.81. The quantitative estimate of drug-likeness (QED) is 0.687. The van der Waals surface area contributed by atoms with Crippen molar-refractivity contribution < 1.29 is 4.39 Å². The summed E-state index contributed by atoms with van der Waals surface area (Å²) in [4.78, 5) is 8.61. The molecule has 3 heterocycles. The van der Waals surface area contributed by atoms with Gasteiger partial charge in [0.25, 0.3) is 0 Å². The van der Waals surface area contributed by atoms with E-state index in [1.807, 2.05) is 29.7 Å². The van der Waals surface area contributed by atoms with E-state index in [-0.39, 0.29) is 5.82 Å². The van der Waals surface area contributed by atoms with Gasteiger partial charge in [-0.25, -0.2) is 9.37 Å². The molecule has 0 saturated carbocycles. The van der Waals surface area contributed by atoms with Crippen LogP contribution in [-0.4, -0.2) is 14.4 Å². The van der Waals surface area contributed by atoms with E-state index in [9.17, 15) is 4.39 Å². The molecule has 3 nitrogen and oxygen atoms in total. The molecule has 0 fully saturated rings. The first-order chi connectivity index (χ1) is 8.66. The molecule has 3 rings (SSSR count). The Bertz CT molecular complexity index is 719. The van der Waals surface area contributed by atoms with E-state index < -0.39 is 0 Å². The number of aryl methyl sites for hydroxylation is 1. The third-order valence-corrected chi connectivity index (χ3v) is 3.43. The predicted octanol–water partition coefficient (Wildman–Crippen LogP) is 3.61. The van der Waals surface area contributed by atoms with Crippen molar-refractivity contribution in [2.24, 2.45) is 0 Å². The van der Waals surface area contributed by atoms with Gasteiger partial charge in [-0.2, -0.15) is 0 Å². The summed E-state index contributed by atoms with van der Waals surface area (Å²) in [6, 6.07) is 6.90. The number of hydrogen-bond donors (Lipinski definition) is 0. The Balaban J connectivity index is 2.27. The maximum atomic E-state index is 12.9. The molecule has 0 radical (unpaired) electrons. The smallest absolute Gasteiger partial charge is 0.152 e. The average Bonchev–Trinajstić information content (AvgIpc) is 2.70. The van der Waals surface area contributed by atoms with Crippen molar-refractivity contribution >= 4 is 21.6 Å². The molecule has 0 aromatic carbocycles. The fourth-order valence-electron chi connectivity index (χ4n) is 1.91. The van der Waals surface area contributed by atoms with Crippen LogP contribution in [0.2, 0.25) is 0 Å². The highest BCUT2D eigenvalue weighted by Crippen LogP contribution is 2.25. The minimum Gasteiger partial charge on any atom is -0.303 e. The molecule has 0 bridgehead atoms. The van der Waals surface area contributed by atoms with E-state index in [0.717, 1.165) is 21.5 Å². The Morgan fingerprint density at radius 3 is 2.78 bits per heavy atom. The van der Waals surface area contributed by atoms with Crippen molar-refractivity contribution in [2.75, 3.05) is 0 Å². The number of fused-ring (bicyclic) bond motifs is 1. The maximum Gasteiger partial charge on any atom is 0.152 e. The summed E-state index contributed by atoms with van der Waals surface area (Å²) in [6.07, 6.45) is 3.14. The molecular formula is C13H9BrFN3. The largest absolute Gasteiger partial charge is 0.303 e. The van der Waals surface area contributed by atoms with E-state index in [2.05, 4.69) is 25.9 Å². The van der Waals surface area contributed by atoms with Crippen LogP contribution in [0.3, 0.4) is 0 Å². The zero-order valence-corrected chi connectivity index (χ0v) is 11.1. The molecule has 0 aliphatic heterocycles. The minimum absolute atomic E-state index is 0.346. The van der Waals surface area contributed by atoms with E-state index >= 15 is 0 Å². The molecule has 0 aliphatic carbocycles. The summed E-state index contributed by atoms with van der Waals surface area (Å²) < 4.78 is 15.8. The lowest BCUT2D eigenvalue weighted by atomic mass is 10.2. The van der Waals surface area contributed by atoms with Gasteiger partial charge < -0.3 is 4.40 Å². The van der Waals surface area contributed by atoms with Gasteiger partial charge in [0.1, 0.15) is 11.5 Å². The first kappa shape index (κ1) is 11.3. The zero-order valence-electron chi connectivity index (χ0n) is 9.56. The SMILES string of the molecule is Cc1c(-c2ccc(F)cn2)nc2c(Br)cccn12. The number of halogens is 2. The normalized spacial score (nSPS) is 11.1. The maximum absolute atomic E-state index is 12.9. The highest BCUT2D eigenvalue weighted by atomic mass is 79.9. The zero-order chi connectivity index (χ0) is 12.7. The molecule has 0 amide bonds. The van der Waals surface area contributed by atoms with E-state index in [4.69, 9.17) is 0 Å². The van der Waals surface area contributed by atoms with Gasteiger partial charge in [0.05, 0.1) is 16.4 Å². The monoisotopic (exact) mass is 305 g/mol. The Hall–Kier alpha value is -1.75. The number of imidazole rings is 1. The van der Waals surface area contributed by atoms with Crippen LogP contribution in [0.15, 0.2) is 41.1 Å². The second-order valence-electron chi connectivity index (χ2n) is 3.96. The number of hydrogen-bond acceptors (Lipinski definition) is 2. The minimum atomic E-state index is -0.346. The van der Waals surface area contributed by atoms with Crippen molar-refractivity contribution in [1.29, 1.82) is 0 Å². The van der Waals surface area contributed by atoms with Crippen molar-refractivity contribution in [3.63, 3.8) is 0 Å². The molecule has 3 aromatic heterocycles. The van der Waals surface area contributed by atoms with Crippen LogP contribution in [0.4, 0.5) is 4.39 Å². The Kier molecular flexibility index (Phi) is 2.63. The fraction of sp³-hybridized carbons (Fsp3) is 0.0769. The van der Waals surface area contributed by atoms with Gasteiger partial charge in [-0.3, -0.25) is 4.98 Å². The van der Waals surface area contributed by atoms with Crippen LogP contribution in [0.1, 0.15) is 5.69 Å². The molecule has 0 aliphatic rings. The summed E-state index contributed by atoms with van der Waals surface area (Å²) in [5.41, 5.74) is 3.24. The molecule has 18 heavy (non-hydrogen) atoms. The molecule has 0 saturated heterocycles. The first-order valence-corrected chi connectivity index (χ1v) is 6.21. The van der Waals surface area contributed by atoms with Crippen molar-refractivity contribution in [2.45, 2.75) is 6.92 Å². The molecule has 0 unspecified atom stereocenters. The average molecular weight is 306 g/mol. The highest BCUT2D eigenvalue weighted by molar-refractivity contribution is 9.10. The molecule has 0 spiro atoms. The Labute approximate surface area is 111 Å². The number of rotatable bonds is 1. The van der Waals surface area contributed by atoms with Crippen molar-refractivity contribution in [1.82, 2.24) is 14.4 Å². The molecule has 0 atom stereocenters. The Morgan fingerprint density at radius 2 is 2.11 bits per heavy atom. The van der Waals surface area contributed by atoms with Crippen molar-refractivity contribution in [3.8, 4) is 11.4 Å². The van der Waals surface area contributed by atoms with Gasteiger partial charge in [0.2, 0.25) is 0 Å². The van der Waals surface area contributed by atoms with E-state index in [1.54, 1.807) is 6.07 Å². The van der Waals surface area contributed by atoms with Gasteiger partial charge in [-0.15, -0.1) is 0 Å². The fourth-order valence-corrected chi connectivity index (χ4v) is 2.34. The second kappa shape index (κ2) is 4.17. The molecular weight excluding hydrogens is 297 g/mol. The topological polar surface area (TPSA) is 30.2 Å². The van der Waals surface area contributed by atoms with Gasteiger partial charge in [-0.05, 0) is 47.1 Å². The highest BCUT2D eigenvalue weighted by Gasteiger charge is 2.12. The standard InChI is InChI=1S/C13H9BrFN3/c1-8-12(11-5-4-9(15)7-16-11)17-13-10(14)3-2-6-18(8)13/h2-7H,1H3. The van der Waals surface area contributed by atoms with E-state index in [1.165, 1.54) is 12.3 Å².